The van der Waals surface area contributed by atoms with Crippen molar-refractivity contribution in [3.05, 3.63) is 59.9 Å². The molecule has 0 spiro atoms. The number of amides is 1. The Kier molecular flexibility index (Phi) is 7.22. The lowest BCUT2D eigenvalue weighted by atomic mass is 10.0. The number of carbonyl (C=O) groups is 1. The lowest BCUT2D eigenvalue weighted by molar-refractivity contribution is -0.134. The molecular formula is C22H29N3O2. The second-order valence-electron chi connectivity index (χ2n) is 7.00. The number of hydrogen-bond donors (Lipinski definition) is 1. The summed E-state index contributed by atoms with van der Waals surface area (Å²) in [6.45, 7) is 2.43. The highest BCUT2D eigenvalue weighted by atomic mass is 16.5. The zero-order valence-electron chi connectivity index (χ0n) is 16.1. The molecule has 1 aromatic carbocycles. The van der Waals surface area contributed by atoms with Crippen molar-refractivity contribution in [3.8, 4) is 5.75 Å². The zero-order chi connectivity index (χ0) is 18.9. The van der Waals surface area contributed by atoms with E-state index < -0.39 is 0 Å². The second kappa shape index (κ2) is 10.1. The third kappa shape index (κ3) is 5.54. The Morgan fingerprint density at radius 2 is 2.07 bits per heavy atom. The first-order chi connectivity index (χ1) is 13.3. The molecule has 1 unspecified atom stereocenters. The van der Waals surface area contributed by atoms with E-state index in [1.165, 1.54) is 5.56 Å². The molecule has 1 atom stereocenters. The lowest BCUT2D eigenvalue weighted by Gasteiger charge is -2.36. The average molecular weight is 367 g/mol. The molecule has 27 heavy (non-hydrogen) atoms. The molecule has 1 amide bonds. The van der Waals surface area contributed by atoms with Gasteiger partial charge in [0, 0.05) is 38.4 Å². The smallest absolute Gasteiger partial charge is 0.223 e. The van der Waals surface area contributed by atoms with Gasteiger partial charge in [0.1, 0.15) is 5.75 Å². The van der Waals surface area contributed by atoms with E-state index in [1.54, 1.807) is 13.3 Å². The van der Waals surface area contributed by atoms with Crippen LogP contribution in [-0.4, -0.2) is 42.5 Å². The largest absolute Gasteiger partial charge is 0.497 e. The molecule has 2 aromatic rings. The van der Waals surface area contributed by atoms with Crippen molar-refractivity contribution >= 4 is 5.91 Å². The number of aryl methyl sites for hydroxylation is 1. The van der Waals surface area contributed by atoms with Crippen LogP contribution in [0.25, 0.3) is 0 Å². The van der Waals surface area contributed by atoms with Crippen LogP contribution in [0.5, 0.6) is 5.75 Å². The third-order valence-electron chi connectivity index (χ3n) is 5.15. The number of piperazine rings is 1. The third-order valence-corrected chi connectivity index (χ3v) is 5.15. The Bertz CT molecular complexity index is 703. The van der Waals surface area contributed by atoms with Gasteiger partial charge < -0.3 is 15.0 Å². The van der Waals surface area contributed by atoms with Crippen molar-refractivity contribution in [2.75, 3.05) is 26.7 Å². The molecule has 5 nitrogen and oxygen atoms in total. The molecule has 0 radical (unpaired) electrons. The van der Waals surface area contributed by atoms with Gasteiger partial charge in [0.2, 0.25) is 5.91 Å². The van der Waals surface area contributed by atoms with E-state index in [0.29, 0.717) is 6.42 Å². The quantitative estimate of drug-likeness (QED) is 0.727. The number of methoxy groups -OCH3 is 1. The summed E-state index contributed by atoms with van der Waals surface area (Å²) in [6.07, 6.45) is 8.43. The number of pyridine rings is 1. The van der Waals surface area contributed by atoms with E-state index in [0.717, 1.165) is 56.6 Å². The summed E-state index contributed by atoms with van der Waals surface area (Å²) in [5.74, 6) is 1.15. The molecule has 1 aromatic heterocycles. The molecule has 1 saturated heterocycles. The number of rotatable bonds is 8. The summed E-state index contributed by atoms with van der Waals surface area (Å²) in [5.41, 5.74) is 2.43. The number of hydrogen-bond acceptors (Lipinski definition) is 4. The summed E-state index contributed by atoms with van der Waals surface area (Å²) >= 11 is 0. The van der Waals surface area contributed by atoms with Gasteiger partial charge in [-0.1, -0.05) is 24.6 Å². The van der Waals surface area contributed by atoms with Crippen molar-refractivity contribution in [3.63, 3.8) is 0 Å². The Morgan fingerprint density at radius 3 is 2.81 bits per heavy atom. The minimum atomic E-state index is 0.0965. The molecule has 0 saturated carbocycles. The van der Waals surface area contributed by atoms with Crippen molar-refractivity contribution in [1.29, 1.82) is 0 Å². The van der Waals surface area contributed by atoms with Gasteiger partial charge in [0.05, 0.1) is 13.2 Å². The predicted molar refractivity (Wildman–Crippen MR) is 107 cm³/mol. The average Bonchev–Trinajstić information content (AvgIpc) is 2.74. The van der Waals surface area contributed by atoms with Gasteiger partial charge in [0.15, 0.2) is 0 Å². The predicted octanol–water partition coefficient (Wildman–Crippen LogP) is 3.37. The van der Waals surface area contributed by atoms with Gasteiger partial charge in [-0.3, -0.25) is 9.78 Å². The summed E-state index contributed by atoms with van der Waals surface area (Å²) in [7, 11) is 1.68. The van der Waals surface area contributed by atoms with Crippen LogP contribution in [0.2, 0.25) is 0 Å². The van der Waals surface area contributed by atoms with Crippen LogP contribution in [0.15, 0.2) is 48.8 Å². The van der Waals surface area contributed by atoms with E-state index in [4.69, 9.17) is 4.74 Å². The SMILES string of the molecule is COc1ccc(CCCCCC(=O)N2CCNCC2c2cccnc2)cc1. The van der Waals surface area contributed by atoms with E-state index in [-0.39, 0.29) is 11.9 Å². The lowest BCUT2D eigenvalue weighted by Crippen LogP contribution is -2.48. The number of unbranched alkanes of at least 4 members (excludes halogenated alkanes) is 2. The number of ether oxygens (including phenoxy) is 1. The van der Waals surface area contributed by atoms with E-state index in [9.17, 15) is 4.79 Å². The Hall–Kier alpha value is -2.40. The van der Waals surface area contributed by atoms with Gasteiger partial charge in [-0.05, 0) is 48.6 Å². The second-order valence-corrected chi connectivity index (χ2v) is 7.00. The highest BCUT2D eigenvalue weighted by Gasteiger charge is 2.27. The van der Waals surface area contributed by atoms with E-state index in [1.807, 2.05) is 29.3 Å². The first kappa shape index (κ1) is 19.4. The van der Waals surface area contributed by atoms with Gasteiger partial charge >= 0.3 is 0 Å². The van der Waals surface area contributed by atoms with Gasteiger partial charge in [-0.25, -0.2) is 0 Å². The molecule has 0 bridgehead atoms. The molecule has 1 N–H and O–H groups in total. The van der Waals surface area contributed by atoms with Crippen LogP contribution < -0.4 is 10.1 Å². The fourth-order valence-electron chi connectivity index (χ4n) is 3.59. The van der Waals surface area contributed by atoms with Crippen LogP contribution in [0, 0.1) is 0 Å². The highest BCUT2D eigenvalue weighted by Crippen LogP contribution is 2.23. The number of carbonyl (C=O) groups excluding carboxylic acids is 1. The molecule has 3 rings (SSSR count). The topological polar surface area (TPSA) is 54.5 Å². The van der Waals surface area contributed by atoms with Crippen LogP contribution >= 0.6 is 0 Å². The zero-order valence-corrected chi connectivity index (χ0v) is 16.1. The first-order valence-electron chi connectivity index (χ1n) is 9.81. The van der Waals surface area contributed by atoms with Crippen molar-refractivity contribution in [1.82, 2.24) is 15.2 Å². The first-order valence-corrected chi connectivity index (χ1v) is 9.81. The van der Waals surface area contributed by atoms with Crippen molar-refractivity contribution < 1.29 is 9.53 Å². The molecule has 1 aliphatic rings. The van der Waals surface area contributed by atoms with Gasteiger partial charge in [-0.15, -0.1) is 0 Å². The number of nitrogens with zero attached hydrogens (tertiary/aromatic N) is 2. The molecule has 2 heterocycles. The van der Waals surface area contributed by atoms with Crippen molar-refractivity contribution in [2.24, 2.45) is 0 Å². The summed E-state index contributed by atoms with van der Waals surface area (Å²) in [4.78, 5) is 19.0. The molecule has 0 aliphatic carbocycles. The monoisotopic (exact) mass is 367 g/mol. The number of aromatic nitrogens is 1. The minimum Gasteiger partial charge on any atom is -0.497 e. The van der Waals surface area contributed by atoms with Crippen molar-refractivity contribution in [2.45, 2.75) is 38.1 Å². The van der Waals surface area contributed by atoms with Crippen LogP contribution in [0.1, 0.15) is 42.9 Å². The summed E-state index contributed by atoms with van der Waals surface area (Å²) in [6, 6.07) is 12.3. The summed E-state index contributed by atoms with van der Waals surface area (Å²) < 4.78 is 5.19. The van der Waals surface area contributed by atoms with E-state index in [2.05, 4.69) is 28.5 Å². The minimum absolute atomic E-state index is 0.0965. The molecule has 144 valence electrons. The molecular weight excluding hydrogens is 338 g/mol. The fraction of sp³-hybridized carbons (Fsp3) is 0.455. The Labute approximate surface area is 161 Å². The Balaban J connectivity index is 1.42. The van der Waals surface area contributed by atoms with Crippen LogP contribution in [-0.2, 0) is 11.2 Å². The standard InChI is InChI=1S/C22H29N3O2/c1-27-20-11-9-18(10-12-20)6-3-2-4-8-22(26)25-15-14-24-17-21(25)19-7-5-13-23-16-19/h5,7,9-13,16,21,24H,2-4,6,8,14-15,17H2,1H3. The van der Waals surface area contributed by atoms with E-state index >= 15 is 0 Å². The summed E-state index contributed by atoms with van der Waals surface area (Å²) in [5, 5.41) is 3.39. The Morgan fingerprint density at radius 1 is 1.22 bits per heavy atom. The van der Waals surface area contributed by atoms with Crippen LogP contribution in [0.3, 0.4) is 0 Å². The number of benzene rings is 1. The maximum atomic E-state index is 12.7. The fourth-order valence-corrected chi connectivity index (χ4v) is 3.59. The van der Waals surface area contributed by atoms with Gasteiger partial charge in [-0.2, -0.15) is 0 Å². The van der Waals surface area contributed by atoms with Gasteiger partial charge in [0.25, 0.3) is 0 Å². The van der Waals surface area contributed by atoms with Crippen LogP contribution in [0.4, 0.5) is 0 Å². The number of nitrogens with one attached hydrogen (secondary N) is 1. The molecule has 1 aliphatic heterocycles. The maximum absolute atomic E-state index is 12.7. The molecule has 1 fully saturated rings. The maximum Gasteiger partial charge on any atom is 0.223 e. The highest BCUT2D eigenvalue weighted by molar-refractivity contribution is 5.76. The molecule has 5 heteroatoms. The normalized spacial score (nSPS) is 16.9.